The molecule has 1 heterocycles. The molecule has 2 aromatic rings. The minimum atomic E-state index is -0.201. The Labute approximate surface area is 123 Å². The third-order valence-corrected chi connectivity index (χ3v) is 3.48. The molecule has 0 unspecified atom stereocenters. The van der Waals surface area contributed by atoms with Gasteiger partial charge in [-0.2, -0.15) is 0 Å². The van der Waals surface area contributed by atoms with Crippen LogP contribution in [0.15, 0.2) is 36.4 Å². The van der Waals surface area contributed by atoms with Crippen LogP contribution in [-0.4, -0.2) is 5.60 Å². The van der Waals surface area contributed by atoms with E-state index in [-0.39, 0.29) is 5.60 Å². The third kappa shape index (κ3) is 2.41. The zero-order chi connectivity index (χ0) is 14.3. The van der Waals surface area contributed by atoms with E-state index < -0.39 is 0 Å². The van der Waals surface area contributed by atoms with Gasteiger partial charge in [0.15, 0.2) is 17.2 Å². The lowest BCUT2D eigenvalue weighted by Gasteiger charge is -2.18. The van der Waals surface area contributed by atoms with E-state index in [0.717, 1.165) is 17.7 Å². The van der Waals surface area contributed by atoms with Gasteiger partial charge in [-0.25, -0.2) is 0 Å². The molecule has 20 heavy (non-hydrogen) atoms. The van der Waals surface area contributed by atoms with Crippen molar-refractivity contribution in [3.8, 4) is 17.2 Å². The van der Waals surface area contributed by atoms with Crippen LogP contribution in [0.4, 0.5) is 5.69 Å². The normalized spacial score (nSPS) is 15.6. The summed E-state index contributed by atoms with van der Waals surface area (Å²) in [6.07, 6.45) is 0.871. The molecule has 0 spiro atoms. The number of rotatable bonds is 2. The van der Waals surface area contributed by atoms with Gasteiger partial charge in [0.2, 0.25) is 0 Å². The van der Waals surface area contributed by atoms with Gasteiger partial charge in [-0.1, -0.05) is 23.7 Å². The zero-order valence-electron chi connectivity index (χ0n) is 11.4. The van der Waals surface area contributed by atoms with Crippen LogP contribution in [0.1, 0.15) is 19.4 Å². The van der Waals surface area contributed by atoms with Crippen LogP contribution in [0.2, 0.25) is 5.02 Å². The Bertz CT molecular complexity index is 668. The first-order valence-corrected chi connectivity index (χ1v) is 6.86. The first kappa shape index (κ1) is 13.1. The minimum Gasteiger partial charge on any atom is -0.483 e. The Morgan fingerprint density at radius 2 is 2.00 bits per heavy atom. The number of para-hydroxylation sites is 1. The molecule has 104 valence electrons. The van der Waals surface area contributed by atoms with E-state index in [0.29, 0.717) is 22.2 Å². The van der Waals surface area contributed by atoms with Gasteiger partial charge in [0.05, 0.1) is 5.69 Å². The molecule has 0 bridgehead atoms. The Balaban J connectivity index is 1.95. The molecule has 3 rings (SSSR count). The smallest absolute Gasteiger partial charge is 0.169 e. The van der Waals surface area contributed by atoms with Gasteiger partial charge in [0, 0.05) is 17.0 Å². The fourth-order valence-corrected chi connectivity index (χ4v) is 2.58. The van der Waals surface area contributed by atoms with Crippen LogP contribution < -0.4 is 15.2 Å². The van der Waals surface area contributed by atoms with E-state index in [1.807, 2.05) is 12.1 Å². The topological polar surface area (TPSA) is 44.5 Å². The molecule has 0 amide bonds. The van der Waals surface area contributed by atoms with Crippen molar-refractivity contribution in [2.75, 3.05) is 5.73 Å². The second-order valence-corrected chi connectivity index (χ2v) is 6.00. The highest BCUT2D eigenvalue weighted by Gasteiger charge is 2.32. The fraction of sp³-hybridized carbons (Fsp3) is 0.250. The Hall–Kier alpha value is -1.87. The maximum absolute atomic E-state index is 5.97. The lowest BCUT2D eigenvalue weighted by molar-refractivity contribution is 0.135. The van der Waals surface area contributed by atoms with Gasteiger partial charge in [0.25, 0.3) is 0 Å². The molecule has 0 saturated heterocycles. The summed E-state index contributed by atoms with van der Waals surface area (Å²) in [7, 11) is 0. The Morgan fingerprint density at radius 3 is 2.75 bits per heavy atom. The summed E-state index contributed by atoms with van der Waals surface area (Å²) >= 11 is 5.89. The van der Waals surface area contributed by atoms with E-state index in [9.17, 15) is 0 Å². The molecule has 2 aromatic carbocycles. The molecule has 1 aliphatic rings. The van der Waals surface area contributed by atoms with Crippen LogP contribution in [-0.2, 0) is 6.42 Å². The van der Waals surface area contributed by atoms with Crippen molar-refractivity contribution >= 4 is 17.3 Å². The molecule has 4 heteroatoms. The highest BCUT2D eigenvalue weighted by Crippen LogP contribution is 2.44. The summed E-state index contributed by atoms with van der Waals surface area (Å²) in [5.74, 6) is 2.06. The lowest BCUT2D eigenvalue weighted by atomic mass is 10.0. The summed E-state index contributed by atoms with van der Waals surface area (Å²) in [6.45, 7) is 4.13. The SMILES string of the molecule is CC1(C)Cc2cccc(Oc3ccc(Cl)cc3N)c2O1. The monoisotopic (exact) mass is 289 g/mol. The van der Waals surface area contributed by atoms with Crippen LogP contribution in [0.3, 0.4) is 0 Å². The number of nitrogens with two attached hydrogens (primary N) is 1. The van der Waals surface area contributed by atoms with Gasteiger partial charge in [-0.15, -0.1) is 0 Å². The molecule has 0 aliphatic carbocycles. The fourth-order valence-electron chi connectivity index (χ4n) is 2.40. The van der Waals surface area contributed by atoms with Crippen LogP contribution in [0, 0.1) is 0 Å². The number of benzene rings is 2. The van der Waals surface area contributed by atoms with Gasteiger partial charge >= 0.3 is 0 Å². The largest absolute Gasteiger partial charge is 0.483 e. The summed E-state index contributed by atoms with van der Waals surface area (Å²) < 4.78 is 11.9. The van der Waals surface area contributed by atoms with E-state index in [1.54, 1.807) is 18.2 Å². The number of fused-ring (bicyclic) bond motifs is 1. The highest BCUT2D eigenvalue weighted by atomic mass is 35.5. The van der Waals surface area contributed by atoms with Crippen molar-refractivity contribution < 1.29 is 9.47 Å². The van der Waals surface area contributed by atoms with Crippen molar-refractivity contribution in [1.29, 1.82) is 0 Å². The second-order valence-electron chi connectivity index (χ2n) is 5.57. The predicted molar refractivity (Wildman–Crippen MR) is 80.8 cm³/mol. The van der Waals surface area contributed by atoms with Gasteiger partial charge in [0.1, 0.15) is 5.60 Å². The molecular formula is C16H16ClNO2. The van der Waals surface area contributed by atoms with Crippen molar-refractivity contribution in [3.63, 3.8) is 0 Å². The molecule has 0 fully saturated rings. The van der Waals surface area contributed by atoms with Crippen molar-refractivity contribution in [1.82, 2.24) is 0 Å². The van der Waals surface area contributed by atoms with Gasteiger partial charge in [-0.3, -0.25) is 0 Å². The first-order valence-electron chi connectivity index (χ1n) is 6.48. The second kappa shape index (κ2) is 4.60. The highest BCUT2D eigenvalue weighted by molar-refractivity contribution is 6.30. The van der Waals surface area contributed by atoms with Crippen LogP contribution in [0.25, 0.3) is 0 Å². The quantitative estimate of drug-likeness (QED) is 0.832. The van der Waals surface area contributed by atoms with Crippen molar-refractivity contribution in [2.45, 2.75) is 25.9 Å². The molecule has 0 radical (unpaired) electrons. The number of halogens is 1. The average Bonchev–Trinajstić information content (AvgIpc) is 2.67. The molecule has 0 atom stereocenters. The zero-order valence-corrected chi connectivity index (χ0v) is 12.2. The van der Waals surface area contributed by atoms with E-state index >= 15 is 0 Å². The Kier molecular flexibility index (Phi) is 3.02. The van der Waals surface area contributed by atoms with Crippen LogP contribution in [0.5, 0.6) is 17.2 Å². The van der Waals surface area contributed by atoms with Gasteiger partial charge < -0.3 is 15.2 Å². The number of nitrogen functional groups attached to an aromatic ring is 1. The van der Waals surface area contributed by atoms with E-state index in [2.05, 4.69) is 19.9 Å². The third-order valence-electron chi connectivity index (χ3n) is 3.25. The maximum atomic E-state index is 5.97. The maximum Gasteiger partial charge on any atom is 0.169 e. The van der Waals surface area contributed by atoms with Crippen molar-refractivity contribution in [3.05, 3.63) is 47.0 Å². The molecule has 0 aromatic heterocycles. The summed E-state index contributed by atoms with van der Waals surface area (Å²) in [5.41, 5.74) is 7.38. The standard InChI is InChI=1S/C16H16ClNO2/c1-16(2)9-10-4-3-5-14(15(10)20-16)19-13-7-6-11(17)8-12(13)18/h3-8H,9,18H2,1-2H3. The predicted octanol–water partition coefficient (Wildman–Crippen LogP) is 4.43. The lowest BCUT2D eigenvalue weighted by Crippen LogP contribution is -2.24. The summed E-state index contributed by atoms with van der Waals surface area (Å²) in [5, 5.41) is 0.588. The average molecular weight is 290 g/mol. The van der Waals surface area contributed by atoms with E-state index in [1.165, 1.54) is 0 Å². The summed E-state index contributed by atoms with van der Waals surface area (Å²) in [6, 6.07) is 11.1. The molecule has 3 nitrogen and oxygen atoms in total. The summed E-state index contributed by atoms with van der Waals surface area (Å²) in [4.78, 5) is 0. The number of hydrogen-bond donors (Lipinski definition) is 1. The molecule has 0 saturated carbocycles. The number of hydrogen-bond acceptors (Lipinski definition) is 3. The minimum absolute atomic E-state index is 0.201. The van der Waals surface area contributed by atoms with Crippen LogP contribution >= 0.6 is 11.6 Å². The number of ether oxygens (including phenoxy) is 2. The van der Waals surface area contributed by atoms with Gasteiger partial charge in [-0.05, 0) is 38.1 Å². The first-order chi connectivity index (χ1) is 9.44. The molecule has 2 N–H and O–H groups in total. The van der Waals surface area contributed by atoms with Crippen molar-refractivity contribution in [2.24, 2.45) is 0 Å². The molecular weight excluding hydrogens is 274 g/mol. The van der Waals surface area contributed by atoms with E-state index in [4.69, 9.17) is 26.8 Å². The Morgan fingerprint density at radius 1 is 1.20 bits per heavy atom. The molecule has 1 aliphatic heterocycles. The number of anilines is 1.